The number of furan rings is 1. The zero-order chi connectivity index (χ0) is 11.2. The Balaban J connectivity index is 2.13. The Morgan fingerprint density at radius 2 is 2.00 bits per heavy atom. The minimum atomic E-state index is -0.0950. The lowest BCUT2D eigenvalue weighted by atomic mass is 10.1. The molecule has 80 valence electrons. The van der Waals surface area contributed by atoms with Gasteiger partial charge in [0.15, 0.2) is 0 Å². The van der Waals surface area contributed by atoms with Gasteiger partial charge < -0.3 is 9.73 Å². The van der Waals surface area contributed by atoms with E-state index < -0.39 is 0 Å². The lowest BCUT2D eigenvalue weighted by molar-refractivity contribution is 0.481. The first-order chi connectivity index (χ1) is 7.90. The zero-order valence-corrected chi connectivity index (χ0v) is 8.76. The van der Waals surface area contributed by atoms with Crippen molar-refractivity contribution >= 4 is 5.69 Å². The van der Waals surface area contributed by atoms with Gasteiger partial charge in [0.05, 0.1) is 24.8 Å². The summed E-state index contributed by atoms with van der Waals surface area (Å²) in [6, 6.07) is 15.5. The van der Waals surface area contributed by atoms with E-state index in [1.54, 1.807) is 6.26 Å². The first kappa shape index (κ1) is 10.3. The van der Waals surface area contributed by atoms with Crippen LogP contribution in [0.15, 0.2) is 53.1 Å². The Bertz CT molecular complexity index is 456. The summed E-state index contributed by atoms with van der Waals surface area (Å²) in [5, 5.41) is 12.0. The number of rotatable bonds is 4. The van der Waals surface area contributed by atoms with E-state index in [0.29, 0.717) is 6.42 Å². The fraction of sp³-hybridized carbons (Fsp3) is 0.154. The fourth-order valence-electron chi connectivity index (χ4n) is 1.54. The molecule has 1 aromatic heterocycles. The molecule has 2 aromatic rings. The minimum absolute atomic E-state index is 0.0950. The van der Waals surface area contributed by atoms with Crippen molar-refractivity contribution in [1.82, 2.24) is 0 Å². The lowest BCUT2D eigenvalue weighted by Crippen LogP contribution is -2.08. The first-order valence-electron chi connectivity index (χ1n) is 5.12. The molecule has 3 heteroatoms. The SMILES string of the molecule is N#CCC(Nc1ccccc1)c1ccco1. The van der Waals surface area contributed by atoms with Crippen LogP contribution < -0.4 is 5.32 Å². The molecule has 0 radical (unpaired) electrons. The summed E-state index contributed by atoms with van der Waals surface area (Å²) in [6.45, 7) is 0. The van der Waals surface area contributed by atoms with E-state index in [4.69, 9.17) is 9.68 Å². The van der Waals surface area contributed by atoms with Gasteiger partial charge in [0, 0.05) is 5.69 Å². The van der Waals surface area contributed by atoms with Crippen LogP contribution in [-0.2, 0) is 0 Å². The molecule has 1 N–H and O–H groups in total. The molecule has 0 saturated heterocycles. The summed E-state index contributed by atoms with van der Waals surface area (Å²) in [5.74, 6) is 0.783. The molecular weight excluding hydrogens is 200 g/mol. The average molecular weight is 212 g/mol. The molecule has 3 nitrogen and oxygen atoms in total. The number of benzene rings is 1. The van der Waals surface area contributed by atoms with Gasteiger partial charge >= 0.3 is 0 Å². The van der Waals surface area contributed by atoms with Crippen molar-refractivity contribution in [2.75, 3.05) is 5.32 Å². The van der Waals surface area contributed by atoms with Gasteiger partial charge in [-0.25, -0.2) is 0 Å². The summed E-state index contributed by atoms with van der Waals surface area (Å²) in [5.41, 5.74) is 0.985. The summed E-state index contributed by atoms with van der Waals surface area (Å²) >= 11 is 0. The highest BCUT2D eigenvalue weighted by atomic mass is 16.3. The number of para-hydroxylation sites is 1. The fourth-order valence-corrected chi connectivity index (χ4v) is 1.54. The molecule has 0 aliphatic rings. The van der Waals surface area contributed by atoms with Crippen LogP contribution in [0.2, 0.25) is 0 Å². The molecule has 1 unspecified atom stereocenters. The zero-order valence-electron chi connectivity index (χ0n) is 8.76. The van der Waals surface area contributed by atoms with E-state index in [1.807, 2.05) is 42.5 Å². The molecule has 0 aliphatic heterocycles. The molecule has 0 aliphatic carbocycles. The topological polar surface area (TPSA) is 49.0 Å². The maximum absolute atomic E-state index is 8.78. The van der Waals surface area contributed by atoms with E-state index in [2.05, 4.69) is 11.4 Å². The van der Waals surface area contributed by atoms with Gasteiger partial charge in [0.25, 0.3) is 0 Å². The molecule has 0 amide bonds. The Labute approximate surface area is 94.3 Å². The van der Waals surface area contributed by atoms with Crippen LogP contribution >= 0.6 is 0 Å². The van der Waals surface area contributed by atoms with E-state index in [0.717, 1.165) is 11.4 Å². The van der Waals surface area contributed by atoms with Crippen molar-refractivity contribution in [1.29, 1.82) is 5.26 Å². The number of nitrogens with one attached hydrogen (secondary N) is 1. The van der Waals surface area contributed by atoms with Gasteiger partial charge in [-0.15, -0.1) is 0 Å². The Morgan fingerprint density at radius 3 is 2.62 bits per heavy atom. The van der Waals surface area contributed by atoms with Crippen molar-refractivity contribution in [3.63, 3.8) is 0 Å². The van der Waals surface area contributed by atoms with Gasteiger partial charge in [-0.05, 0) is 24.3 Å². The average Bonchev–Trinajstić information content (AvgIpc) is 2.83. The number of hydrogen-bond donors (Lipinski definition) is 1. The quantitative estimate of drug-likeness (QED) is 0.845. The van der Waals surface area contributed by atoms with E-state index in [9.17, 15) is 0 Å². The van der Waals surface area contributed by atoms with Crippen LogP contribution in [0.5, 0.6) is 0 Å². The van der Waals surface area contributed by atoms with Crippen LogP contribution in [0.3, 0.4) is 0 Å². The highest BCUT2D eigenvalue weighted by Gasteiger charge is 2.13. The summed E-state index contributed by atoms with van der Waals surface area (Å²) in [7, 11) is 0. The smallest absolute Gasteiger partial charge is 0.127 e. The van der Waals surface area contributed by atoms with Gasteiger partial charge in [-0.3, -0.25) is 0 Å². The van der Waals surface area contributed by atoms with Crippen LogP contribution in [0.4, 0.5) is 5.69 Å². The van der Waals surface area contributed by atoms with Crippen molar-refractivity contribution in [3.05, 3.63) is 54.5 Å². The molecule has 1 atom stereocenters. The van der Waals surface area contributed by atoms with Gasteiger partial charge in [-0.1, -0.05) is 18.2 Å². The second-order valence-corrected chi connectivity index (χ2v) is 3.44. The largest absolute Gasteiger partial charge is 0.467 e. The predicted molar refractivity (Wildman–Crippen MR) is 61.7 cm³/mol. The van der Waals surface area contributed by atoms with E-state index in [1.165, 1.54) is 0 Å². The van der Waals surface area contributed by atoms with Crippen molar-refractivity contribution in [2.45, 2.75) is 12.5 Å². The molecule has 16 heavy (non-hydrogen) atoms. The van der Waals surface area contributed by atoms with Crippen molar-refractivity contribution < 1.29 is 4.42 Å². The van der Waals surface area contributed by atoms with E-state index >= 15 is 0 Å². The maximum Gasteiger partial charge on any atom is 0.127 e. The van der Waals surface area contributed by atoms with Crippen molar-refractivity contribution in [3.8, 4) is 6.07 Å². The first-order valence-corrected chi connectivity index (χ1v) is 5.12. The Morgan fingerprint density at radius 1 is 1.19 bits per heavy atom. The molecule has 1 heterocycles. The molecule has 1 aromatic carbocycles. The predicted octanol–water partition coefficient (Wildman–Crippen LogP) is 3.35. The monoisotopic (exact) mass is 212 g/mol. The second-order valence-electron chi connectivity index (χ2n) is 3.44. The third-order valence-electron chi connectivity index (χ3n) is 2.30. The molecular formula is C13H12N2O. The highest BCUT2D eigenvalue weighted by molar-refractivity contribution is 5.44. The molecule has 0 fully saturated rings. The van der Waals surface area contributed by atoms with Crippen LogP contribution in [0, 0.1) is 11.3 Å². The number of hydrogen-bond acceptors (Lipinski definition) is 3. The second kappa shape index (κ2) is 5.04. The molecule has 0 saturated carbocycles. The maximum atomic E-state index is 8.78. The van der Waals surface area contributed by atoms with Crippen LogP contribution in [-0.4, -0.2) is 0 Å². The number of nitriles is 1. The standard InChI is InChI=1S/C13H12N2O/c14-9-8-12(13-7-4-10-16-13)15-11-5-2-1-3-6-11/h1-7,10,12,15H,8H2. The molecule has 2 rings (SSSR count). The van der Waals surface area contributed by atoms with Gasteiger partial charge in [-0.2, -0.15) is 5.26 Å². The summed E-state index contributed by atoms with van der Waals surface area (Å²) in [6.07, 6.45) is 1.99. The van der Waals surface area contributed by atoms with Crippen LogP contribution in [0.25, 0.3) is 0 Å². The third-order valence-corrected chi connectivity index (χ3v) is 2.30. The normalized spacial score (nSPS) is 11.7. The number of anilines is 1. The summed E-state index contributed by atoms with van der Waals surface area (Å²) in [4.78, 5) is 0. The highest BCUT2D eigenvalue weighted by Crippen LogP contribution is 2.22. The summed E-state index contributed by atoms with van der Waals surface area (Å²) < 4.78 is 5.31. The van der Waals surface area contributed by atoms with Gasteiger partial charge in [0.2, 0.25) is 0 Å². The third kappa shape index (κ3) is 2.43. The minimum Gasteiger partial charge on any atom is -0.467 e. The molecule has 0 bridgehead atoms. The van der Waals surface area contributed by atoms with Crippen molar-refractivity contribution in [2.24, 2.45) is 0 Å². The van der Waals surface area contributed by atoms with E-state index in [-0.39, 0.29) is 6.04 Å². The lowest BCUT2D eigenvalue weighted by Gasteiger charge is -2.14. The Kier molecular flexibility index (Phi) is 3.25. The number of nitrogens with zero attached hydrogens (tertiary/aromatic N) is 1. The molecule has 0 spiro atoms. The van der Waals surface area contributed by atoms with Crippen LogP contribution in [0.1, 0.15) is 18.2 Å². The Hall–Kier alpha value is -2.21. The van der Waals surface area contributed by atoms with Gasteiger partial charge in [0.1, 0.15) is 5.76 Å².